The average molecular weight is 493 g/mol. The number of nitrogens with one attached hydrogen (secondary N) is 1. The molecule has 1 atom stereocenters. The fourth-order valence-electron chi connectivity index (χ4n) is 3.31. The number of carboxylic acids is 1. The monoisotopic (exact) mass is 492 g/mol. The maximum absolute atomic E-state index is 11.6. The molecule has 1 unspecified atom stereocenters. The first-order valence-corrected chi connectivity index (χ1v) is 11.8. The summed E-state index contributed by atoms with van der Waals surface area (Å²) < 4.78 is 65.0. The summed E-state index contributed by atoms with van der Waals surface area (Å²) in [6.45, 7) is 4.55. The van der Waals surface area contributed by atoms with E-state index < -0.39 is 22.2 Å². The van der Waals surface area contributed by atoms with Crippen molar-refractivity contribution in [2.45, 2.75) is 38.7 Å². The predicted octanol–water partition coefficient (Wildman–Crippen LogP) is 2.41. The summed E-state index contributed by atoms with van der Waals surface area (Å²) in [6, 6.07) is 10.3. The lowest BCUT2D eigenvalue weighted by Crippen LogP contribution is -2.39. The van der Waals surface area contributed by atoms with Gasteiger partial charge in [0.05, 0.1) is 24.6 Å². The highest BCUT2D eigenvalue weighted by Crippen LogP contribution is 2.25. The number of nitrogens with zero attached hydrogens (tertiary/aromatic N) is 3. The number of rotatable bonds is 8. The predicted molar refractivity (Wildman–Crippen MR) is 114 cm³/mol. The first-order valence-electron chi connectivity index (χ1n) is 10.1. The molecule has 0 amide bonds. The first kappa shape index (κ1) is 26.6. The second kappa shape index (κ2) is 11.5. The van der Waals surface area contributed by atoms with Gasteiger partial charge in [-0.25, -0.2) is 17.9 Å². The quantitative estimate of drug-likeness (QED) is 0.582. The Hall–Kier alpha value is -2.64. The SMILES string of the molecule is CCS(=O)(=O)NCCC1CN(Cc2cccc(OC)c2)Cc2ccnn21.O=C(O)C(F)(F)F. The minimum atomic E-state index is -5.08. The zero-order chi connectivity index (χ0) is 24.6. The molecule has 0 radical (unpaired) electrons. The van der Waals surface area contributed by atoms with E-state index in [9.17, 15) is 21.6 Å². The number of hydrogen-bond donors (Lipinski definition) is 2. The number of fused-ring (bicyclic) bond motifs is 1. The first-order chi connectivity index (χ1) is 15.4. The molecule has 1 aliphatic heterocycles. The Labute approximate surface area is 190 Å². The fourth-order valence-corrected chi connectivity index (χ4v) is 3.94. The summed E-state index contributed by atoms with van der Waals surface area (Å²) in [6.07, 6.45) is -2.56. The highest BCUT2D eigenvalue weighted by Gasteiger charge is 2.38. The van der Waals surface area contributed by atoms with Gasteiger partial charge in [-0.05, 0) is 37.1 Å². The molecule has 184 valence electrons. The van der Waals surface area contributed by atoms with Crippen molar-refractivity contribution in [3.63, 3.8) is 0 Å². The van der Waals surface area contributed by atoms with Gasteiger partial charge in [0.2, 0.25) is 10.0 Å². The van der Waals surface area contributed by atoms with Crippen LogP contribution in [0.4, 0.5) is 13.2 Å². The lowest BCUT2D eigenvalue weighted by Gasteiger charge is -2.34. The molecule has 1 aliphatic rings. The number of carboxylic acid groups (broad SMARTS) is 1. The van der Waals surface area contributed by atoms with Gasteiger partial charge < -0.3 is 9.84 Å². The van der Waals surface area contributed by atoms with Crippen LogP contribution in [-0.2, 0) is 27.9 Å². The van der Waals surface area contributed by atoms with Crippen molar-refractivity contribution in [2.24, 2.45) is 0 Å². The van der Waals surface area contributed by atoms with Gasteiger partial charge in [0.15, 0.2) is 0 Å². The van der Waals surface area contributed by atoms with Crippen LogP contribution in [0.15, 0.2) is 36.5 Å². The van der Waals surface area contributed by atoms with Crippen LogP contribution in [0.2, 0.25) is 0 Å². The van der Waals surface area contributed by atoms with Crippen LogP contribution >= 0.6 is 0 Å². The third-order valence-corrected chi connectivity index (χ3v) is 6.32. The van der Waals surface area contributed by atoms with E-state index in [2.05, 4.69) is 26.9 Å². The summed E-state index contributed by atoms with van der Waals surface area (Å²) in [5.41, 5.74) is 2.35. The summed E-state index contributed by atoms with van der Waals surface area (Å²) in [5.74, 6) is -1.80. The summed E-state index contributed by atoms with van der Waals surface area (Å²) in [4.78, 5) is 11.3. The van der Waals surface area contributed by atoms with Crippen LogP contribution in [0.5, 0.6) is 5.75 Å². The smallest absolute Gasteiger partial charge is 0.490 e. The molecule has 13 heteroatoms. The molecule has 1 aromatic heterocycles. The van der Waals surface area contributed by atoms with Crippen molar-refractivity contribution in [3.05, 3.63) is 47.8 Å². The van der Waals surface area contributed by atoms with Crippen LogP contribution in [-0.4, -0.2) is 66.3 Å². The number of aromatic nitrogens is 2. The van der Waals surface area contributed by atoms with Gasteiger partial charge in [0, 0.05) is 32.4 Å². The zero-order valence-electron chi connectivity index (χ0n) is 18.2. The third kappa shape index (κ3) is 8.33. The maximum atomic E-state index is 11.6. The van der Waals surface area contributed by atoms with Gasteiger partial charge in [-0.15, -0.1) is 0 Å². The standard InChI is InChI=1S/C18H26N4O3S.C2HF3O2/c1-3-26(23,24)20-10-8-17-14-21(13-16-7-9-19-22(16)17)12-15-5-4-6-18(11-15)25-2;3-2(4,5)1(6)7/h4-7,9,11,17,20H,3,8,10,12-14H2,1-2H3;(H,6,7). The van der Waals surface area contributed by atoms with Gasteiger partial charge in [-0.1, -0.05) is 12.1 Å². The number of ether oxygens (including phenoxy) is 1. The Morgan fingerprint density at radius 3 is 2.64 bits per heavy atom. The molecule has 0 saturated carbocycles. The molecule has 2 aromatic rings. The van der Waals surface area contributed by atoms with E-state index in [4.69, 9.17) is 14.6 Å². The van der Waals surface area contributed by atoms with Crippen molar-refractivity contribution < 1.29 is 36.2 Å². The van der Waals surface area contributed by atoms with E-state index >= 15 is 0 Å². The lowest BCUT2D eigenvalue weighted by molar-refractivity contribution is -0.192. The van der Waals surface area contributed by atoms with E-state index in [1.54, 1.807) is 14.0 Å². The van der Waals surface area contributed by atoms with E-state index in [-0.39, 0.29) is 11.8 Å². The molecule has 33 heavy (non-hydrogen) atoms. The normalized spacial score (nSPS) is 16.5. The Kier molecular flexibility index (Phi) is 9.25. The Bertz CT molecular complexity index is 1030. The van der Waals surface area contributed by atoms with E-state index in [0.717, 1.165) is 31.1 Å². The molecule has 0 fully saturated rings. The molecule has 3 rings (SSSR count). The van der Waals surface area contributed by atoms with Gasteiger partial charge in [-0.2, -0.15) is 18.3 Å². The molecule has 0 bridgehead atoms. The molecule has 0 saturated heterocycles. The van der Waals surface area contributed by atoms with Gasteiger partial charge in [0.1, 0.15) is 5.75 Å². The number of sulfonamides is 1. The molecule has 0 aliphatic carbocycles. The van der Waals surface area contributed by atoms with E-state index in [1.165, 1.54) is 5.56 Å². The fraction of sp³-hybridized carbons (Fsp3) is 0.500. The third-order valence-electron chi connectivity index (χ3n) is 4.92. The molecular formula is C20H27F3N4O5S. The summed E-state index contributed by atoms with van der Waals surface area (Å²) in [5, 5.41) is 11.6. The van der Waals surface area contributed by atoms with E-state index in [1.807, 2.05) is 29.1 Å². The number of alkyl halides is 3. The van der Waals surface area contributed by atoms with Crippen LogP contribution in [0, 0.1) is 0 Å². The average Bonchev–Trinajstić information content (AvgIpc) is 3.22. The number of methoxy groups -OCH3 is 1. The molecular weight excluding hydrogens is 465 g/mol. The minimum Gasteiger partial charge on any atom is -0.497 e. The van der Waals surface area contributed by atoms with E-state index in [0.29, 0.717) is 13.0 Å². The van der Waals surface area contributed by atoms with Crippen molar-refractivity contribution in [3.8, 4) is 5.75 Å². The van der Waals surface area contributed by atoms with Crippen molar-refractivity contribution in [2.75, 3.05) is 26.0 Å². The number of halogens is 3. The highest BCUT2D eigenvalue weighted by atomic mass is 32.2. The van der Waals surface area contributed by atoms with Crippen molar-refractivity contribution in [1.29, 1.82) is 0 Å². The number of aliphatic carboxylic acids is 1. The topological polar surface area (TPSA) is 114 Å². The van der Waals surface area contributed by atoms with Crippen LogP contribution in [0.1, 0.15) is 30.6 Å². The highest BCUT2D eigenvalue weighted by molar-refractivity contribution is 7.89. The number of carbonyl (C=O) groups is 1. The van der Waals surface area contributed by atoms with Crippen molar-refractivity contribution >= 4 is 16.0 Å². The Morgan fingerprint density at radius 1 is 1.33 bits per heavy atom. The van der Waals surface area contributed by atoms with Gasteiger partial charge in [0.25, 0.3) is 0 Å². The summed E-state index contributed by atoms with van der Waals surface area (Å²) in [7, 11) is -1.49. The van der Waals surface area contributed by atoms with Gasteiger partial charge in [-0.3, -0.25) is 9.58 Å². The second-order valence-corrected chi connectivity index (χ2v) is 9.43. The largest absolute Gasteiger partial charge is 0.497 e. The Balaban J connectivity index is 0.000000479. The van der Waals surface area contributed by atoms with Gasteiger partial charge >= 0.3 is 12.1 Å². The van der Waals surface area contributed by atoms with Crippen LogP contribution < -0.4 is 9.46 Å². The maximum Gasteiger partial charge on any atom is 0.490 e. The summed E-state index contributed by atoms with van der Waals surface area (Å²) >= 11 is 0. The Morgan fingerprint density at radius 2 is 2.03 bits per heavy atom. The lowest BCUT2D eigenvalue weighted by atomic mass is 10.1. The molecule has 2 N–H and O–H groups in total. The molecule has 2 heterocycles. The number of hydrogen-bond acceptors (Lipinski definition) is 6. The second-order valence-electron chi connectivity index (χ2n) is 7.33. The molecule has 9 nitrogen and oxygen atoms in total. The molecule has 1 aromatic carbocycles. The zero-order valence-corrected chi connectivity index (χ0v) is 19.1. The number of benzene rings is 1. The van der Waals surface area contributed by atoms with Crippen LogP contribution in [0.25, 0.3) is 0 Å². The van der Waals surface area contributed by atoms with Crippen molar-refractivity contribution in [1.82, 2.24) is 19.4 Å². The van der Waals surface area contributed by atoms with Crippen LogP contribution in [0.3, 0.4) is 0 Å². The molecule has 0 spiro atoms. The minimum absolute atomic E-state index is 0.104.